The molecule has 1 heterocycles. The molecule has 152 valence electrons. The number of allylic oxidation sites excluding steroid dienone is 2. The lowest BCUT2D eigenvalue weighted by Gasteiger charge is -2.42. The van der Waals surface area contributed by atoms with E-state index in [0.717, 1.165) is 57.9 Å². The van der Waals surface area contributed by atoms with Gasteiger partial charge < -0.3 is 15.3 Å². The van der Waals surface area contributed by atoms with Crippen molar-refractivity contribution in [1.82, 2.24) is 10.2 Å². The second kappa shape index (κ2) is 8.79. The fraction of sp³-hybridized carbons (Fsp3) is 0.625. The van der Waals surface area contributed by atoms with E-state index in [0.29, 0.717) is 19.0 Å². The van der Waals surface area contributed by atoms with E-state index in [9.17, 15) is 9.90 Å². The second-order valence-electron chi connectivity index (χ2n) is 8.91. The molecule has 4 nitrogen and oxygen atoms in total. The highest BCUT2D eigenvalue weighted by Gasteiger charge is 2.36. The van der Waals surface area contributed by atoms with E-state index >= 15 is 0 Å². The van der Waals surface area contributed by atoms with Gasteiger partial charge in [-0.2, -0.15) is 0 Å². The Kier molecular flexibility index (Phi) is 6.17. The first-order chi connectivity index (χ1) is 13.7. The Hall–Kier alpha value is -1.65. The number of rotatable bonds is 5. The molecule has 0 bridgehead atoms. The van der Waals surface area contributed by atoms with Crippen LogP contribution in [-0.2, 0) is 11.2 Å². The fourth-order valence-electron chi connectivity index (χ4n) is 5.38. The summed E-state index contributed by atoms with van der Waals surface area (Å²) in [6, 6.07) is 8.84. The predicted molar refractivity (Wildman–Crippen MR) is 112 cm³/mol. The normalized spacial score (nSPS) is 26.7. The zero-order chi connectivity index (χ0) is 19.4. The van der Waals surface area contributed by atoms with Crippen LogP contribution in [0.25, 0.3) is 0 Å². The Morgan fingerprint density at radius 1 is 1.18 bits per heavy atom. The molecule has 2 N–H and O–H groups in total. The van der Waals surface area contributed by atoms with Crippen LogP contribution >= 0.6 is 0 Å². The van der Waals surface area contributed by atoms with Gasteiger partial charge in [-0.1, -0.05) is 55.7 Å². The Labute approximate surface area is 169 Å². The van der Waals surface area contributed by atoms with E-state index in [-0.39, 0.29) is 11.9 Å². The van der Waals surface area contributed by atoms with Crippen LogP contribution < -0.4 is 5.32 Å². The number of nitrogens with one attached hydrogen (secondary N) is 1. The lowest BCUT2D eigenvalue weighted by Crippen LogP contribution is -2.49. The van der Waals surface area contributed by atoms with Crippen LogP contribution in [0.1, 0.15) is 68.5 Å². The van der Waals surface area contributed by atoms with Crippen LogP contribution in [0, 0.1) is 5.92 Å². The molecule has 28 heavy (non-hydrogen) atoms. The molecule has 1 saturated carbocycles. The number of aliphatic hydroxyl groups is 1. The third kappa shape index (κ3) is 4.33. The van der Waals surface area contributed by atoms with Crippen LogP contribution in [0.5, 0.6) is 0 Å². The van der Waals surface area contributed by atoms with Gasteiger partial charge >= 0.3 is 0 Å². The lowest BCUT2D eigenvalue weighted by molar-refractivity contribution is -0.134. The molecular weight excluding hydrogens is 348 g/mol. The lowest BCUT2D eigenvalue weighted by atomic mass is 9.79. The third-order valence-corrected chi connectivity index (χ3v) is 6.92. The van der Waals surface area contributed by atoms with Gasteiger partial charge in [0.1, 0.15) is 0 Å². The maximum Gasteiger partial charge on any atom is 0.237 e. The molecule has 4 heteroatoms. The van der Waals surface area contributed by atoms with Crippen molar-refractivity contribution >= 4 is 5.91 Å². The predicted octanol–water partition coefficient (Wildman–Crippen LogP) is 3.75. The summed E-state index contributed by atoms with van der Waals surface area (Å²) in [7, 11) is 0. The number of carbonyl (C=O) groups excluding carboxylic acids is 1. The number of hydrogen-bond donors (Lipinski definition) is 2. The highest BCUT2D eigenvalue weighted by molar-refractivity contribution is 5.79. The minimum atomic E-state index is -0.624. The number of carbonyl (C=O) groups is 1. The van der Waals surface area contributed by atoms with E-state index in [1.807, 2.05) is 0 Å². The molecule has 0 aromatic heterocycles. The molecule has 1 aromatic carbocycles. The van der Waals surface area contributed by atoms with Gasteiger partial charge in [-0.15, -0.1) is 0 Å². The van der Waals surface area contributed by atoms with Gasteiger partial charge in [0.2, 0.25) is 5.91 Å². The number of hydrogen-bond acceptors (Lipinski definition) is 3. The Bertz CT molecular complexity index is 708. The molecule has 1 amide bonds. The van der Waals surface area contributed by atoms with Gasteiger partial charge in [-0.25, -0.2) is 0 Å². The summed E-state index contributed by atoms with van der Waals surface area (Å²) in [5.41, 5.74) is 2.12. The summed E-state index contributed by atoms with van der Waals surface area (Å²) in [6.45, 7) is 1.65. The smallest absolute Gasteiger partial charge is 0.237 e. The number of nitrogens with zero attached hydrogens (tertiary/aromatic N) is 1. The van der Waals surface area contributed by atoms with Crippen molar-refractivity contribution in [2.75, 3.05) is 19.6 Å². The standard InChI is InChI=1S/C24H34N2O2/c27-22(17-25-18-24(28)14-7-2-8-15-24)26-16-13-19-9-5-6-12-21(19)23(26)20-10-3-1-4-11-20/h1,3,5-6,9,12,20,23,25,28H,2,4,7-8,10-11,13-18H2. The van der Waals surface area contributed by atoms with Gasteiger partial charge in [-0.05, 0) is 55.6 Å². The molecule has 0 saturated heterocycles. The molecule has 3 aliphatic rings. The molecule has 2 atom stereocenters. The van der Waals surface area contributed by atoms with E-state index < -0.39 is 5.60 Å². The maximum atomic E-state index is 13.2. The Morgan fingerprint density at radius 2 is 2.00 bits per heavy atom. The van der Waals surface area contributed by atoms with Crippen molar-refractivity contribution in [2.24, 2.45) is 5.92 Å². The minimum Gasteiger partial charge on any atom is -0.389 e. The highest BCUT2D eigenvalue weighted by Crippen LogP contribution is 2.40. The maximum absolute atomic E-state index is 13.2. The summed E-state index contributed by atoms with van der Waals surface area (Å²) < 4.78 is 0. The van der Waals surface area contributed by atoms with Crippen molar-refractivity contribution < 1.29 is 9.90 Å². The monoisotopic (exact) mass is 382 g/mol. The average Bonchev–Trinajstić information content (AvgIpc) is 2.74. The Morgan fingerprint density at radius 3 is 2.79 bits per heavy atom. The van der Waals surface area contributed by atoms with Crippen LogP contribution in [0.2, 0.25) is 0 Å². The average molecular weight is 383 g/mol. The first-order valence-corrected chi connectivity index (χ1v) is 11.1. The van der Waals surface area contributed by atoms with Gasteiger partial charge in [0, 0.05) is 13.1 Å². The minimum absolute atomic E-state index is 0.175. The molecule has 1 aliphatic heterocycles. The number of amides is 1. The van der Waals surface area contributed by atoms with E-state index in [1.165, 1.54) is 17.5 Å². The molecule has 2 unspecified atom stereocenters. The second-order valence-corrected chi connectivity index (χ2v) is 8.91. The summed E-state index contributed by atoms with van der Waals surface area (Å²) in [4.78, 5) is 15.3. The van der Waals surface area contributed by atoms with E-state index in [1.54, 1.807) is 0 Å². The SMILES string of the molecule is O=C(CNCC1(O)CCCCC1)N1CCc2ccccc2C1C1CC=CCC1. The molecule has 2 aliphatic carbocycles. The quantitative estimate of drug-likeness (QED) is 0.763. The molecule has 0 spiro atoms. The molecular formula is C24H34N2O2. The van der Waals surface area contributed by atoms with E-state index in [2.05, 4.69) is 46.6 Å². The van der Waals surface area contributed by atoms with Crippen LogP contribution in [0.15, 0.2) is 36.4 Å². The van der Waals surface area contributed by atoms with Crippen molar-refractivity contribution in [3.05, 3.63) is 47.5 Å². The van der Waals surface area contributed by atoms with E-state index in [4.69, 9.17) is 0 Å². The summed E-state index contributed by atoms with van der Waals surface area (Å²) in [5.74, 6) is 0.673. The first kappa shape index (κ1) is 19.7. The highest BCUT2D eigenvalue weighted by atomic mass is 16.3. The van der Waals surface area contributed by atoms with Gasteiger partial charge in [0.15, 0.2) is 0 Å². The Balaban J connectivity index is 1.44. The molecule has 4 rings (SSSR count). The molecule has 0 radical (unpaired) electrons. The third-order valence-electron chi connectivity index (χ3n) is 6.92. The zero-order valence-electron chi connectivity index (χ0n) is 16.9. The summed E-state index contributed by atoms with van der Waals surface area (Å²) in [6.07, 6.45) is 13.9. The van der Waals surface area contributed by atoms with Crippen molar-refractivity contribution in [1.29, 1.82) is 0 Å². The number of benzene rings is 1. The topological polar surface area (TPSA) is 52.6 Å². The van der Waals surface area contributed by atoms with Crippen molar-refractivity contribution in [3.63, 3.8) is 0 Å². The van der Waals surface area contributed by atoms with Gasteiger partial charge in [0.25, 0.3) is 0 Å². The van der Waals surface area contributed by atoms with Crippen LogP contribution in [-0.4, -0.2) is 41.1 Å². The van der Waals surface area contributed by atoms with Gasteiger partial charge in [0.05, 0.1) is 18.2 Å². The fourth-order valence-corrected chi connectivity index (χ4v) is 5.38. The molecule has 1 fully saturated rings. The van der Waals surface area contributed by atoms with Crippen molar-refractivity contribution in [3.8, 4) is 0 Å². The first-order valence-electron chi connectivity index (χ1n) is 11.1. The number of fused-ring (bicyclic) bond motifs is 1. The molecule has 1 aromatic rings. The van der Waals surface area contributed by atoms with Crippen LogP contribution in [0.4, 0.5) is 0 Å². The summed E-state index contributed by atoms with van der Waals surface area (Å²) >= 11 is 0. The van der Waals surface area contributed by atoms with Gasteiger partial charge in [-0.3, -0.25) is 4.79 Å². The zero-order valence-corrected chi connectivity index (χ0v) is 16.9. The van der Waals surface area contributed by atoms with Crippen LogP contribution in [0.3, 0.4) is 0 Å². The summed E-state index contributed by atoms with van der Waals surface area (Å²) in [5, 5.41) is 14.0. The largest absolute Gasteiger partial charge is 0.389 e. The van der Waals surface area contributed by atoms with Crippen molar-refractivity contribution in [2.45, 2.75) is 69.4 Å².